The predicted octanol–water partition coefficient (Wildman–Crippen LogP) is -0.268. The number of nitrogens with zero attached hydrogens (tertiary/aromatic N) is 2. The maximum Gasteiger partial charge on any atom is 0.270 e. The van der Waals surface area contributed by atoms with Gasteiger partial charge in [0.05, 0.1) is 6.26 Å². The molecule has 1 aromatic heterocycles. The second-order valence-electron chi connectivity index (χ2n) is 4.04. The zero-order valence-electron chi connectivity index (χ0n) is 9.59. The summed E-state index contributed by atoms with van der Waals surface area (Å²) in [6.45, 7) is 1.60. The van der Waals surface area contributed by atoms with Crippen LogP contribution in [0.15, 0.2) is 18.3 Å². The largest absolute Gasteiger partial charge is 0.357 e. The van der Waals surface area contributed by atoms with Gasteiger partial charge in [0, 0.05) is 32.4 Å². The molecule has 2 heterocycles. The average Bonchev–Trinajstić information content (AvgIpc) is 2.80. The maximum absolute atomic E-state index is 11.9. The lowest BCUT2D eigenvalue weighted by Crippen LogP contribution is -2.50. The van der Waals surface area contributed by atoms with Crippen molar-refractivity contribution in [3.05, 3.63) is 24.0 Å². The summed E-state index contributed by atoms with van der Waals surface area (Å²) >= 11 is 0. The predicted molar refractivity (Wildman–Crippen MR) is 63.1 cm³/mol. The molecule has 0 spiro atoms. The first-order chi connectivity index (χ1) is 7.98. The summed E-state index contributed by atoms with van der Waals surface area (Å²) in [5, 5.41) is 0. The zero-order chi connectivity index (χ0) is 12.5. The lowest BCUT2D eigenvalue weighted by molar-refractivity contribution is 0.0693. The van der Waals surface area contributed by atoms with E-state index < -0.39 is 10.0 Å². The second-order valence-corrected chi connectivity index (χ2v) is 6.02. The molecule has 94 valence electrons. The molecular formula is C10H15N3O3S. The minimum absolute atomic E-state index is 0.0804. The Hall–Kier alpha value is -1.34. The van der Waals surface area contributed by atoms with Crippen LogP contribution in [0, 0.1) is 0 Å². The molecule has 1 aromatic rings. The molecule has 7 heteroatoms. The third-order valence-electron chi connectivity index (χ3n) is 2.82. The minimum atomic E-state index is -3.14. The third kappa shape index (κ3) is 2.67. The number of hydrogen-bond acceptors (Lipinski definition) is 3. The molecule has 0 atom stereocenters. The van der Waals surface area contributed by atoms with E-state index in [2.05, 4.69) is 4.98 Å². The molecule has 0 bridgehead atoms. The molecule has 1 aliphatic heterocycles. The van der Waals surface area contributed by atoms with Crippen molar-refractivity contribution in [2.75, 3.05) is 32.4 Å². The van der Waals surface area contributed by atoms with Crippen molar-refractivity contribution in [2.24, 2.45) is 0 Å². The van der Waals surface area contributed by atoms with Crippen molar-refractivity contribution in [3.63, 3.8) is 0 Å². The molecule has 1 amide bonds. The molecule has 1 aliphatic rings. The van der Waals surface area contributed by atoms with Crippen LogP contribution in [0.25, 0.3) is 0 Å². The number of sulfonamides is 1. The van der Waals surface area contributed by atoms with Crippen molar-refractivity contribution in [3.8, 4) is 0 Å². The van der Waals surface area contributed by atoms with Crippen molar-refractivity contribution in [1.82, 2.24) is 14.2 Å². The fourth-order valence-corrected chi connectivity index (χ4v) is 2.68. The molecule has 1 N–H and O–H groups in total. The van der Waals surface area contributed by atoms with Gasteiger partial charge in [-0.05, 0) is 12.1 Å². The van der Waals surface area contributed by atoms with Gasteiger partial charge in [0.25, 0.3) is 5.91 Å². The van der Waals surface area contributed by atoms with Crippen LogP contribution in [0.2, 0.25) is 0 Å². The number of nitrogens with one attached hydrogen (secondary N) is 1. The minimum Gasteiger partial charge on any atom is -0.357 e. The summed E-state index contributed by atoms with van der Waals surface area (Å²) in [5.74, 6) is -0.0804. The van der Waals surface area contributed by atoms with Crippen LogP contribution >= 0.6 is 0 Å². The van der Waals surface area contributed by atoms with Gasteiger partial charge in [-0.15, -0.1) is 0 Å². The highest BCUT2D eigenvalue weighted by Gasteiger charge is 2.26. The summed E-state index contributed by atoms with van der Waals surface area (Å²) in [7, 11) is -3.14. The average molecular weight is 257 g/mol. The van der Waals surface area contributed by atoms with Gasteiger partial charge in [-0.25, -0.2) is 8.42 Å². The molecule has 0 saturated carbocycles. The van der Waals surface area contributed by atoms with Gasteiger partial charge in [-0.1, -0.05) is 0 Å². The summed E-state index contributed by atoms with van der Waals surface area (Å²) in [4.78, 5) is 16.5. The number of piperazine rings is 1. The normalized spacial score (nSPS) is 18.3. The van der Waals surface area contributed by atoms with Gasteiger partial charge in [0.2, 0.25) is 10.0 Å². The van der Waals surface area contributed by atoms with E-state index >= 15 is 0 Å². The highest BCUT2D eigenvalue weighted by molar-refractivity contribution is 7.88. The molecule has 0 aromatic carbocycles. The molecule has 1 saturated heterocycles. The van der Waals surface area contributed by atoms with Crippen molar-refractivity contribution in [1.29, 1.82) is 0 Å². The lowest BCUT2D eigenvalue weighted by Gasteiger charge is -2.32. The summed E-state index contributed by atoms with van der Waals surface area (Å²) in [6, 6.07) is 3.48. The number of aromatic amines is 1. The van der Waals surface area contributed by atoms with Crippen LogP contribution in [0.4, 0.5) is 0 Å². The number of aromatic nitrogens is 1. The smallest absolute Gasteiger partial charge is 0.270 e. The van der Waals surface area contributed by atoms with E-state index in [-0.39, 0.29) is 5.91 Å². The number of hydrogen-bond donors (Lipinski definition) is 1. The molecule has 17 heavy (non-hydrogen) atoms. The van der Waals surface area contributed by atoms with Crippen LogP contribution in [0.3, 0.4) is 0 Å². The van der Waals surface area contributed by atoms with Crippen molar-refractivity contribution < 1.29 is 13.2 Å². The highest BCUT2D eigenvalue weighted by Crippen LogP contribution is 2.09. The van der Waals surface area contributed by atoms with Crippen LogP contribution in [-0.2, 0) is 10.0 Å². The van der Waals surface area contributed by atoms with Gasteiger partial charge in [-0.2, -0.15) is 4.31 Å². The highest BCUT2D eigenvalue weighted by atomic mass is 32.2. The monoisotopic (exact) mass is 257 g/mol. The van der Waals surface area contributed by atoms with Gasteiger partial charge in [0.15, 0.2) is 0 Å². The van der Waals surface area contributed by atoms with Crippen LogP contribution in [-0.4, -0.2) is 60.9 Å². The van der Waals surface area contributed by atoms with Crippen LogP contribution in [0.5, 0.6) is 0 Å². The van der Waals surface area contributed by atoms with Crippen LogP contribution < -0.4 is 0 Å². The van der Waals surface area contributed by atoms with E-state index in [1.54, 1.807) is 23.2 Å². The first-order valence-corrected chi connectivity index (χ1v) is 7.21. The first kappa shape index (κ1) is 12.1. The molecule has 0 unspecified atom stereocenters. The molecule has 0 radical (unpaired) electrons. The zero-order valence-corrected chi connectivity index (χ0v) is 10.4. The Kier molecular flexibility index (Phi) is 3.21. The summed E-state index contributed by atoms with van der Waals surface area (Å²) < 4.78 is 24.0. The third-order valence-corrected chi connectivity index (χ3v) is 4.13. The van der Waals surface area contributed by atoms with Gasteiger partial charge >= 0.3 is 0 Å². The Morgan fingerprint density at radius 2 is 1.94 bits per heavy atom. The summed E-state index contributed by atoms with van der Waals surface area (Å²) in [5.41, 5.74) is 0.540. The van der Waals surface area contributed by atoms with E-state index in [0.717, 1.165) is 0 Å². The number of rotatable bonds is 2. The maximum atomic E-state index is 11.9. The van der Waals surface area contributed by atoms with Crippen LogP contribution in [0.1, 0.15) is 10.5 Å². The molecule has 2 rings (SSSR count). The van der Waals surface area contributed by atoms with Gasteiger partial charge < -0.3 is 9.88 Å². The quantitative estimate of drug-likeness (QED) is 0.792. The van der Waals surface area contributed by atoms with E-state index in [0.29, 0.717) is 31.9 Å². The molecule has 6 nitrogen and oxygen atoms in total. The second kappa shape index (κ2) is 4.50. The van der Waals surface area contributed by atoms with E-state index in [1.807, 2.05) is 0 Å². The fourth-order valence-electron chi connectivity index (χ4n) is 1.86. The topological polar surface area (TPSA) is 73.5 Å². The first-order valence-electron chi connectivity index (χ1n) is 5.36. The Morgan fingerprint density at radius 3 is 2.41 bits per heavy atom. The standard InChI is InChI=1S/C10H15N3O3S/c1-17(15,16)13-7-5-12(6-8-13)10(14)9-3-2-4-11-9/h2-4,11H,5-8H2,1H3. The Balaban J connectivity index is 1.98. The SMILES string of the molecule is CS(=O)(=O)N1CCN(C(=O)c2ccc[nH]2)CC1. The van der Waals surface area contributed by atoms with Gasteiger partial charge in [-0.3, -0.25) is 4.79 Å². The van der Waals surface area contributed by atoms with Crippen molar-refractivity contribution >= 4 is 15.9 Å². The number of carbonyl (C=O) groups is 1. The fraction of sp³-hybridized carbons (Fsp3) is 0.500. The van der Waals surface area contributed by atoms with Gasteiger partial charge in [0.1, 0.15) is 5.69 Å². The number of H-pyrrole nitrogens is 1. The van der Waals surface area contributed by atoms with E-state index in [1.165, 1.54) is 10.6 Å². The Labute approximate surface area is 100 Å². The van der Waals surface area contributed by atoms with E-state index in [4.69, 9.17) is 0 Å². The molecule has 0 aliphatic carbocycles. The number of carbonyl (C=O) groups excluding carboxylic acids is 1. The summed E-state index contributed by atoms with van der Waals surface area (Å²) in [6.07, 6.45) is 2.88. The van der Waals surface area contributed by atoms with Crippen molar-refractivity contribution in [2.45, 2.75) is 0 Å². The Bertz CT molecular complexity index is 487. The Morgan fingerprint density at radius 1 is 1.29 bits per heavy atom. The lowest BCUT2D eigenvalue weighted by atomic mass is 10.3. The molecule has 1 fully saturated rings. The van der Waals surface area contributed by atoms with E-state index in [9.17, 15) is 13.2 Å². The number of amides is 1. The molecular weight excluding hydrogens is 242 g/mol.